The average Bonchev–Trinajstić information content (AvgIpc) is 2.48. The Kier molecular flexibility index (Phi) is 5.18. The van der Waals surface area contributed by atoms with E-state index in [-0.39, 0.29) is 5.91 Å². The highest BCUT2D eigenvalue weighted by Gasteiger charge is 2.20. The van der Waals surface area contributed by atoms with Gasteiger partial charge >= 0.3 is 0 Å². The fraction of sp³-hybridized carbons (Fsp3) is 0.333. The number of nitrogens with zero attached hydrogens (tertiary/aromatic N) is 3. The van der Waals surface area contributed by atoms with Crippen LogP contribution in [0.1, 0.15) is 6.92 Å². The first kappa shape index (κ1) is 14.6. The summed E-state index contributed by atoms with van der Waals surface area (Å²) in [6, 6.07) is 1.91. The Bertz CT molecular complexity index is 520. The molecule has 106 valence electrons. The maximum Gasteiger partial charge on any atom is 0.246 e. The van der Waals surface area contributed by atoms with Gasteiger partial charge in [-0.3, -0.25) is 9.78 Å². The Morgan fingerprint density at radius 1 is 1.30 bits per heavy atom. The minimum Gasteiger partial charge on any atom is -0.367 e. The molecular weight excluding hydrogens is 274 g/mol. The van der Waals surface area contributed by atoms with Crippen LogP contribution in [-0.2, 0) is 4.79 Å². The summed E-state index contributed by atoms with van der Waals surface area (Å²) in [5.74, 6) is 0.0589. The first-order valence-corrected chi connectivity index (χ1v) is 7.03. The Balaban J connectivity index is 1.93. The third-order valence-electron chi connectivity index (χ3n) is 3.23. The van der Waals surface area contributed by atoms with E-state index >= 15 is 0 Å². The normalized spacial score (nSPS) is 16.3. The molecule has 1 saturated heterocycles. The second-order valence-electron chi connectivity index (χ2n) is 4.52. The van der Waals surface area contributed by atoms with Crippen LogP contribution in [0.25, 0.3) is 0 Å². The van der Waals surface area contributed by atoms with Crippen molar-refractivity contribution in [1.29, 1.82) is 0 Å². The van der Waals surface area contributed by atoms with Gasteiger partial charge in [-0.1, -0.05) is 29.8 Å². The van der Waals surface area contributed by atoms with Crippen LogP contribution < -0.4 is 4.90 Å². The van der Waals surface area contributed by atoms with Crippen LogP contribution in [0.5, 0.6) is 0 Å². The molecule has 1 aromatic heterocycles. The summed E-state index contributed by atoms with van der Waals surface area (Å²) in [5, 5.41) is 0.653. The maximum absolute atomic E-state index is 11.9. The van der Waals surface area contributed by atoms with Gasteiger partial charge in [-0.2, -0.15) is 0 Å². The Morgan fingerprint density at radius 2 is 2.05 bits per heavy atom. The van der Waals surface area contributed by atoms with Gasteiger partial charge < -0.3 is 9.80 Å². The van der Waals surface area contributed by atoms with E-state index in [0.717, 1.165) is 18.8 Å². The molecule has 4 nitrogen and oxygen atoms in total. The number of hydrogen-bond acceptors (Lipinski definition) is 3. The first-order chi connectivity index (χ1) is 9.72. The maximum atomic E-state index is 11.9. The lowest BCUT2D eigenvalue weighted by Crippen LogP contribution is -2.48. The average molecular weight is 292 g/mol. The number of anilines is 1. The van der Waals surface area contributed by atoms with Crippen LogP contribution in [0.2, 0.25) is 5.02 Å². The Hall–Kier alpha value is -1.81. The van der Waals surface area contributed by atoms with Crippen molar-refractivity contribution in [3.05, 3.63) is 47.8 Å². The third-order valence-corrected chi connectivity index (χ3v) is 3.52. The van der Waals surface area contributed by atoms with Crippen molar-refractivity contribution in [2.45, 2.75) is 6.92 Å². The first-order valence-electron chi connectivity index (χ1n) is 6.65. The number of hydrogen-bond donors (Lipinski definition) is 0. The molecule has 0 atom stereocenters. The van der Waals surface area contributed by atoms with Crippen LogP contribution in [-0.4, -0.2) is 42.0 Å². The zero-order valence-corrected chi connectivity index (χ0v) is 12.3. The van der Waals surface area contributed by atoms with Gasteiger partial charge in [-0.25, -0.2) is 0 Å². The molecule has 0 N–H and O–H groups in total. The predicted octanol–water partition coefficient (Wildman–Crippen LogP) is 2.52. The van der Waals surface area contributed by atoms with Gasteiger partial charge in [0.2, 0.25) is 5.91 Å². The van der Waals surface area contributed by atoms with Crippen LogP contribution in [0, 0.1) is 0 Å². The summed E-state index contributed by atoms with van der Waals surface area (Å²) >= 11 is 6.14. The second kappa shape index (κ2) is 7.10. The van der Waals surface area contributed by atoms with E-state index in [9.17, 15) is 4.79 Å². The van der Waals surface area contributed by atoms with E-state index < -0.39 is 0 Å². The molecule has 0 bridgehead atoms. The lowest BCUT2D eigenvalue weighted by atomic mass is 10.2. The van der Waals surface area contributed by atoms with Crippen molar-refractivity contribution in [2.75, 3.05) is 31.1 Å². The number of carbonyl (C=O) groups excluding carboxylic acids is 1. The largest absolute Gasteiger partial charge is 0.367 e. The summed E-state index contributed by atoms with van der Waals surface area (Å²) in [4.78, 5) is 20.0. The topological polar surface area (TPSA) is 36.4 Å². The van der Waals surface area contributed by atoms with E-state index in [4.69, 9.17) is 11.6 Å². The molecule has 0 aliphatic carbocycles. The van der Waals surface area contributed by atoms with Gasteiger partial charge in [0.1, 0.15) is 0 Å². The number of amides is 1. The molecule has 20 heavy (non-hydrogen) atoms. The zero-order valence-electron chi connectivity index (χ0n) is 11.5. The summed E-state index contributed by atoms with van der Waals surface area (Å²) in [6.45, 7) is 4.90. The Morgan fingerprint density at radius 3 is 2.70 bits per heavy atom. The third kappa shape index (κ3) is 3.61. The SMILES string of the molecule is C/C=C/C=C/C(=O)N1CCN(c2ccncc2Cl)CC1. The predicted molar refractivity (Wildman–Crippen MR) is 82.0 cm³/mol. The van der Waals surface area contributed by atoms with Gasteiger partial charge in [-0.15, -0.1) is 0 Å². The minimum atomic E-state index is 0.0589. The fourth-order valence-corrected chi connectivity index (χ4v) is 2.39. The van der Waals surface area contributed by atoms with E-state index in [1.165, 1.54) is 0 Å². The molecule has 1 fully saturated rings. The van der Waals surface area contributed by atoms with Gasteiger partial charge in [0, 0.05) is 44.6 Å². The van der Waals surface area contributed by atoms with E-state index in [2.05, 4.69) is 9.88 Å². The summed E-state index contributed by atoms with van der Waals surface area (Å²) in [5.41, 5.74) is 0.984. The van der Waals surface area contributed by atoms with Gasteiger partial charge in [-0.05, 0) is 13.0 Å². The van der Waals surface area contributed by atoms with Gasteiger partial charge in [0.15, 0.2) is 0 Å². The van der Waals surface area contributed by atoms with Crippen LogP contribution in [0.3, 0.4) is 0 Å². The van der Waals surface area contributed by atoms with Crippen LogP contribution in [0.4, 0.5) is 5.69 Å². The lowest BCUT2D eigenvalue weighted by molar-refractivity contribution is -0.126. The zero-order chi connectivity index (χ0) is 14.4. The molecule has 0 radical (unpaired) electrons. The molecule has 1 amide bonds. The Labute approximate surface area is 124 Å². The highest BCUT2D eigenvalue weighted by atomic mass is 35.5. The number of pyridine rings is 1. The quantitative estimate of drug-likeness (QED) is 0.634. The molecule has 0 spiro atoms. The number of halogens is 1. The highest BCUT2D eigenvalue weighted by Crippen LogP contribution is 2.25. The summed E-state index contributed by atoms with van der Waals surface area (Å²) in [6.07, 6.45) is 10.5. The molecule has 0 saturated carbocycles. The number of allylic oxidation sites excluding steroid dienone is 3. The second-order valence-corrected chi connectivity index (χ2v) is 4.93. The standard InChI is InChI=1S/C15H18ClN3O/c1-2-3-4-5-15(20)19-10-8-18(9-11-19)14-6-7-17-12-13(14)16/h2-7,12H,8-11H2,1H3/b3-2+,5-4+. The summed E-state index contributed by atoms with van der Waals surface area (Å²) < 4.78 is 0. The van der Waals surface area contributed by atoms with E-state index in [0.29, 0.717) is 18.1 Å². The van der Waals surface area contributed by atoms with Crippen molar-refractivity contribution < 1.29 is 4.79 Å². The van der Waals surface area contributed by atoms with Crippen LogP contribution >= 0.6 is 11.6 Å². The smallest absolute Gasteiger partial charge is 0.246 e. The van der Waals surface area contributed by atoms with Crippen LogP contribution in [0.15, 0.2) is 42.8 Å². The molecule has 2 rings (SSSR count). The minimum absolute atomic E-state index is 0.0589. The highest BCUT2D eigenvalue weighted by molar-refractivity contribution is 6.33. The van der Waals surface area contributed by atoms with Crippen molar-refractivity contribution in [2.24, 2.45) is 0 Å². The number of rotatable bonds is 3. The molecule has 0 aromatic carbocycles. The molecule has 1 aliphatic rings. The van der Waals surface area contributed by atoms with Crippen molar-refractivity contribution in [3.63, 3.8) is 0 Å². The molecule has 5 heteroatoms. The summed E-state index contributed by atoms with van der Waals surface area (Å²) in [7, 11) is 0. The van der Waals surface area contributed by atoms with Gasteiger partial charge in [0.05, 0.1) is 10.7 Å². The fourth-order valence-electron chi connectivity index (χ4n) is 2.15. The molecule has 1 aromatic rings. The molecule has 0 unspecified atom stereocenters. The molecule has 2 heterocycles. The lowest BCUT2D eigenvalue weighted by Gasteiger charge is -2.35. The number of aromatic nitrogens is 1. The number of carbonyl (C=O) groups is 1. The molecular formula is C15H18ClN3O. The molecule has 1 aliphatic heterocycles. The monoisotopic (exact) mass is 291 g/mol. The van der Waals surface area contributed by atoms with Crippen molar-refractivity contribution in [1.82, 2.24) is 9.88 Å². The number of piperazine rings is 1. The van der Waals surface area contributed by atoms with Crippen molar-refractivity contribution >= 4 is 23.2 Å². The van der Waals surface area contributed by atoms with Gasteiger partial charge in [0.25, 0.3) is 0 Å². The van der Waals surface area contributed by atoms with Crippen molar-refractivity contribution in [3.8, 4) is 0 Å². The van der Waals surface area contributed by atoms with E-state index in [1.54, 1.807) is 24.5 Å². The van der Waals surface area contributed by atoms with E-state index in [1.807, 2.05) is 30.0 Å².